The predicted octanol–water partition coefficient (Wildman–Crippen LogP) is 2.75. The molecule has 0 bridgehead atoms. The lowest BCUT2D eigenvalue weighted by Gasteiger charge is -2.19. The summed E-state index contributed by atoms with van der Waals surface area (Å²) in [5.41, 5.74) is 11.1. The summed E-state index contributed by atoms with van der Waals surface area (Å²) in [6.07, 6.45) is 7.92. The van der Waals surface area contributed by atoms with Crippen molar-refractivity contribution in [2.75, 3.05) is 20.3 Å². The van der Waals surface area contributed by atoms with E-state index in [4.69, 9.17) is 20.6 Å². The number of methoxy groups -OCH3 is 1. The molecule has 2 unspecified atom stereocenters. The van der Waals surface area contributed by atoms with Gasteiger partial charge in [-0.25, -0.2) is 0 Å². The van der Waals surface area contributed by atoms with Gasteiger partial charge < -0.3 is 20.6 Å². The van der Waals surface area contributed by atoms with Crippen LogP contribution in [0.4, 0.5) is 0 Å². The highest BCUT2D eigenvalue weighted by atomic mass is 16.5. The minimum atomic E-state index is 0.0769. The van der Waals surface area contributed by atoms with Gasteiger partial charge in [0.15, 0.2) is 0 Å². The van der Waals surface area contributed by atoms with Crippen LogP contribution in [0.1, 0.15) is 46.5 Å². The average Bonchev–Trinajstić information content (AvgIpc) is 2.58. The Morgan fingerprint density at radius 3 is 2.62 bits per heavy atom. The Balaban J connectivity index is 2.41. The summed E-state index contributed by atoms with van der Waals surface area (Å²) >= 11 is 0. The number of hydrazone groups is 1. The van der Waals surface area contributed by atoms with Crippen molar-refractivity contribution < 1.29 is 9.47 Å². The van der Waals surface area contributed by atoms with Crippen molar-refractivity contribution in [2.24, 2.45) is 10.8 Å². The molecule has 0 aromatic heterocycles. The van der Waals surface area contributed by atoms with Gasteiger partial charge in [0.2, 0.25) is 0 Å². The van der Waals surface area contributed by atoms with Gasteiger partial charge in [-0.15, -0.1) is 0 Å². The van der Waals surface area contributed by atoms with Crippen LogP contribution in [0.25, 0.3) is 0 Å². The molecule has 6 nitrogen and oxygen atoms in total. The predicted molar refractivity (Wildman–Crippen MR) is 99.5 cm³/mol. The van der Waals surface area contributed by atoms with Crippen molar-refractivity contribution in [3.05, 3.63) is 23.4 Å². The molecule has 0 heterocycles. The second-order valence-corrected chi connectivity index (χ2v) is 6.01. The van der Waals surface area contributed by atoms with Crippen LogP contribution in [0.5, 0.6) is 0 Å². The quantitative estimate of drug-likeness (QED) is 0.399. The first-order valence-electron chi connectivity index (χ1n) is 8.72. The molecule has 1 rings (SSSR count). The van der Waals surface area contributed by atoms with Gasteiger partial charge in [0.1, 0.15) is 5.71 Å². The van der Waals surface area contributed by atoms with E-state index in [0.717, 1.165) is 31.3 Å². The minimum absolute atomic E-state index is 0.0769. The van der Waals surface area contributed by atoms with Gasteiger partial charge >= 0.3 is 0 Å². The first kappa shape index (κ1) is 20.4. The Morgan fingerprint density at radius 2 is 2.00 bits per heavy atom. The Hall–Kier alpha value is -1.66. The lowest BCUT2D eigenvalue weighted by atomic mass is 10.00. The van der Waals surface area contributed by atoms with E-state index in [-0.39, 0.29) is 12.2 Å². The Morgan fingerprint density at radius 1 is 1.25 bits per heavy atom. The molecule has 0 spiro atoms. The van der Waals surface area contributed by atoms with Crippen LogP contribution < -0.4 is 11.2 Å². The maximum Gasteiger partial charge on any atom is 0.131 e. The second kappa shape index (κ2) is 11.0. The zero-order chi connectivity index (χ0) is 17.9. The largest absolute Gasteiger partial charge is 0.397 e. The van der Waals surface area contributed by atoms with Crippen LogP contribution in [-0.2, 0) is 9.47 Å². The molecule has 0 radical (unpaired) electrons. The summed E-state index contributed by atoms with van der Waals surface area (Å²) in [6.45, 7) is 7.39. The van der Waals surface area contributed by atoms with Crippen molar-refractivity contribution in [1.82, 2.24) is 5.43 Å². The van der Waals surface area contributed by atoms with E-state index >= 15 is 0 Å². The summed E-state index contributed by atoms with van der Waals surface area (Å²) in [6, 6.07) is 0. The molecule has 1 aliphatic rings. The lowest BCUT2D eigenvalue weighted by molar-refractivity contribution is 0.0118. The van der Waals surface area contributed by atoms with Gasteiger partial charge in [-0.2, -0.15) is 5.10 Å². The highest BCUT2D eigenvalue weighted by Crippen LogP contribution is 2.10. The third kappa shape index (κ3) is 6.45. The Labute approximate surface area is 145 Å². The summed E-state index contributed by atoms with van der Waals surface area (Å²) in [5.74, 6) is 0. The van der Waals surface area contributed by atoms with E-state index in [1.165, 1.54) is 0 Å². The first-order valence-corrected chi connectivity index (χ1v) is 8.72. The van der Waals surface area contributed by atoms with E-state index in [1.807, 2.05) is 13.0 Å². The zero-order valence-corrected chi connectivity index (χ0v) is 15.4. The van der Waals surface area contributed by atoms with Crippen LogP contribution in [0.15, 0.2) is 28.5 Å². The average molecular weight is 336 g/mol. The van der Waals surface area contributed by atoms with E-state index in [1.54, 1.807) is 13.2 Å². The normalized spacial score (nSPS) is 19.0. The lowest BCUT2D eigenvalue weighted by Crippen LogP contribution is -2.31. The van der Waals surface area contributed by atoms with Crippen molar-refractivity contribution in [2.45, 2.75) is 58.7 Å². The van der Waals surface area contributed by atoms with Gasteiger partial charge in [0.25, 0.3) is 0 Å². The molecule has 136 valence electrons. The molecule has 0 saturated carbocycles. The molecule has 4 N–H and O–H groups in total. The van der Waals surface area contributed by atoms with Gasteiger partial charge in [-0.05, 0) is 37.8 Å². The number of nitrogens with one attached hydrogen (secondary N) is 2. The fourth-order valence-electron chi connectivity index (χ4n) is 2.44. The van der Waals surface area contributed by atoms with E-state index < -0.39 is 0 Å². The van der Waals surface area contributed by atoms with E-state index in [0.29, 0.717) is 30.3 Å². The second-order valence-electron chi connectivity index (χ2n) is 6.01. The van der Waals surface area contributed by atoms with Gasteiger partial charge in [0, 0.05) is 13.7 Å². The fourth-order valence-corrected chi connectivity index (χ4v) is 2.44. The number of nitrogens with two attached hydrogens (primary N) is 1. The Bertz CT molecular complexity index is 493. The maximum absolute atomic E-state index is 8.03. The monoisotopic (exact) mass is 336 g/mol. The molecule has 24 heavy (non-hydrogen) atoms. The van der Waals surface area contributed by atoms with Crippen molar-refractivity contribution >= 4 is 11.4 Å². The molecular weight excluding hydrogens is 304 g/mol. The van der Waals surface area contributed by atoms with Crippen molar-refractivity contribution in [3.8, 4) is 0 Å². The first-order chi connectivity index (χ1) is 11.5. The van der Waals surface area contributed by atoms with Crippen LogP contribution in [0.2, 0.25) is 0 Å². The van der Waals surface area contributed by atoms with Gasteiger partial charge in [-0.1, -0.05) is 26.3 Å². The number of hydrogen-bond donors (Lipinski definition) is 3. The molecule has 0 aliphatic heterocycles. The Kier molecular flexibility index (Phi) is 9.34. The standard InChI is InChI=1S/C18H32N4O2/c1-5-7-15(23-4)10-11-24-14(6-2)12-21-22-18-16(19)9-8-13(3)17(18)20/h8-9,14-15,20-21H,5-7,10-12,19H2,1-4H3/b20-17?,22-18-. The smallest absolute Gasteiger partial charge is 0.131 e. The minimum Gasteiger partial charge on any atom is -0.397 e. The molecule has 0 aromatic carbocycles. The molecule has 0 aromatic rings. The molecule has 2 atom stereocenters. The van der Waals surface area contributed by atoms with E-state index in [9.17, 15) is 0 Å². The van der Waals surface area contributed by atoms with Crippen molar-refractivity contribution in [3.63, 3.8) is 0 Å². The third-order valence-electron chi connectivity index (χ3n) is 4.12. The number of rotatable bonds is 11. The van der Waals surface area contributed by atoms with Crippen LogP contribution in [0.3, 0.4) is 0 Å². The van der Waals surface area contributed by atoms with Gasteiger partial charge in [-0.3, -0.25) is 5.41 Å². The highest BCUT2D eigenvalue weighted by Gasteiger charge is 2.16. The van der Waals surface area contributed by atoms with E-state index in [2.05, 4.69) is 24.4 Å². The fraction of sp³-hybridized carbons (Fsp3) is 0.667. The van der Waals surface area contributed by atoms with Crippen LogP contribution >= 0.6 is 0 Å². The third-order valence-corrected chi connectivity index (χ3v) is 4.12. The molecule has 0 saturated heterocycles. The van der Waals surface area contributed by atoms with Crippen LogP contribution in [-0.4, -0.2) is 43.9 Å². The van der Waals surface area contributed by atoms with Crippen LogP contribution in [0, 0.1) is 5.41 Å². The SMILES string of the molecule is CCCC(CCOC(CC)CN/N=C1\C(=N)C(C)=CC=C1N)OC. The summed E-state index contributed by atoms with van der Waals surface area (Å²) < 4.78 is 11.3. The molecule has 0 amide bonds. The maximum atomic E-state index is 8.03. The zero-order valence-electron chi connectivity index (χ0n) is 15.4. The summed E-state index contributed by atoms with van der Waals surface area (Å²) in [4.78, 5) is 0. The van der Waals surface area contributed by atoms with Gasteiger partial charge in [0.05, 0.1) is 30.2 Å². The number of allylic oxidation sites excluding steroid dienone is 4. The molecular formula is C18H32N4O2. The summed E-state index contributed by atoms with van der Waals surface area (Å²) in [7, 11) is 1.75. The highest BCUT2D eigenvalue weighted by molar-refractivity contribution is 6.52. The summed E-state index contributed by atoms with van der Waals surface area (Å²) in [5, 5.41) is 12.3. The molecule has 0 fully saturated rings. The topological polar surface area (TPSA) is 92.7 Å². The molecule has 1 aliphatic carbocycles. The number of ether oxygens (including phenoxy) is 2. The van der Waals surface area contributed by atoms with Crippen molar-refractivity contribution in [1.29, 1.82) is 5.41 Å². The number of nitrogens with zero attached hydrogens (tertiary/aromatic N) is 1. The molecule has 6 heteroatoms. The number of hydrogen-bond acceptors (Lipinski definition) is 6.